The maximum atomic E-state index is 12.4. The minimum atomic E-state index is -0.388. The highest BCUT2D eigenvalue weighted by Gasteiger charge is 2.22. The molecular formula is C22H26N4O5. The Morgan fingerprint density at radius 2 is 2.00 bits per heavy atom. The summed E-state index contributed by atoms with van der Waals surface area (Å²) in [4.78, 5) is 44.1. The van der Waals surface area contributed by atoms with Crippen LogP contribution in [0.1, 0.15) is 29.5 Å². The van der Waals surface area contributed by atoms with E-state index in [1.807, 2.05) is 0 Å². The predicted molar refractivity (Wildman–Crippen MR) is 114 cm³/mol. The molecule has 1 aliphatic rings. The van der Waals surface area contributed by atoms with Crippen molar-refractivity contribution in [2.24, 2.45) is 0 Å². The summed E-state index contributed by atoms with van der Waals surface area (Å²) in [5.41, 5.74) is 0.417. The van der Waals surface area contributed by atoms with E-state index in [1.165, 1.54) is 18.5 Å². The van der Waals surface area contributed by atoms with Gasteiger partial charge in [0.1, 0.15) is 11.6 Å². The van der Waals surface area contributed by atoms with Crippen molar-refractivity contribution in [3.8, 4) is 0 Å². The molecular weight excluding hydrogens is 400 g/mol. The molecule has 1 saturated heterocycles. The Balaban J connectivity index is 1.38. The lowest BCUT2D eigenvalue weighted by molar-refractivity contribution is -0.131. The van der Waals surface area contributed by atoms with Crippen molar-refractivity contribution in [2.75, 3.05) is 44.2 Å². The minimum absolute atomic E-state index is 0.000539. The number of aromatic nitrogens is 1. The van der Waals surface area contributed by atoms with Crippen LogP contribution in [0.25, 0.3) is 6.08 Å². The van der Waals surface area contributed by atoms with Crippen molar-refractivity contribution in [2.45, 2.75) is 13.3 Å². The Bertz CT molecular complexity index is 900. The number of amides is 2. The van der Waals surface area contributed by atoms with Crippen molar-refractivity contribution >= 4 is 29.7 Å². The van der Waals surface area contributed by atoms with E-state index in [0.29, 0.717) is 44.1 Å². The highest BCUT2D eigenvalue weighted by molar-refractivity contribution is 5.91. The van der Waals surface area contributed by atoms with E-state index in [4.69, 9.17) is 9.15 Å². The van der Waals surface area contributed by atoms with E-state index in [0.717, 1.165) is 5.82 Å². The summed E-state index contributed by atoms with van der Waals surface area (Å²) in [6.07, 6.45) is 6.23. The maximum absolute atomic E-state index is 12.4. The first kappa shape index (κ1) is 22.1. The number of nitrogens with one attached hydrogen (secondary N) is 1. The van der Waals surface area contributed by atoms with Gasteiger partial charge >= 0.3 is 5.97 Å². The van der Waals surface area contributed by atoms with Gasteiger partial charge in [0.15, 0.2) is 0 Å². The van der Waals surface area contributed by atoms with E-state index >= 15 is 0 Å². The van der Waals surface area contributed by atoms with Gasteiger partial charge in [0.05, 0.1) is 18.4 Å². The van der Waals surface area contributed by atoms with Crippen molar-refractivity contribution in [3.05, 3.63) is 54.1 Å². The van der Waals surface area contributed by atoms with Gasteiger partial charge in [0.25, 0.3) is 0 Å². The van der Waals surface area contributed by atoms with Crippen molar-refractivity contribution in [1.82, 2.24) is 15.2 Å². The van der Waals surface area contributed by atoms with Gasteiger partial charge in [-0.15, -0.1) is 0 Å². The normalized spacial score (nSPS) is 14.0. The fourth-order valence-corrected chi connectivity index (χ4v) is 3.15. The van der Waals surface area contributed by atoms with Gasteiger partial charge in [0, 0.05) is 51.4 Å². The number of hydrogen-bond donors (Lipinski definition) is 1. The quantitative estimate of drug-likeness (QED) is 0.506. The molecule has 1 fully saturated rings. The lowest BCUT2D eigenvalue weighted by Crippen LogP contribution is -2.49. The molecule has 0 bridgehead atoms. The average molecular weight is 426 g/mol. The van der Waals surface area contributed by atoms with E-state index in [9.17, 15) is 14.4 Å². The monoisotopic (exact) mass is 426 g/mol. The van der Waals surface area contributed by atoms with Crippen LogP contribution in [-0.2, 0) is 14.3 Å². The van der Waals surface area contributed by atoms with Crippen molar-refractivity contribution < 1.29 is 23.5 Å². The maximum Gasteiger partial charge on any atom is 0.339 e. The third kappa shape index (κ3) is 6.43. The topological polar surface area (TPSA) is 105 Å². The molecule has 31 heavy (non-hydrogen) atoms. The molecule has 0 radical (unpaired) electrons. The molecule has 0 spiro atoms. The molecule has 3 heterocycles. The second kappa shape index (κ2) is 11.0. The zero-order valence-electron chi connectivity index (χ0n) is 17.5. The number of hydrogen-bond acceptors (Lipinski definition) is 7. The predicted octanol–water partition coefficient (Wildman–Crippen LogP) is 1.72. The van der Waals surface area contributed by atoms with Crippen LogP contribution >= 0.6 is 0 Å². The van der Waals surface area contributed by atoms with Gasteiger partial charge in [-0.3, -0.25) is 9.59 Å². The van der Waals surface area contributed by atoms with Crippen LogP contribution in [0.4, 0.5) is 5.82 Å². The van der Waals surface area contributed by atoms with E-state index in [-0.39, 0.29) is 30.7 Å². The Hall–Kier alpha value is -3.62. The highest BCUT2D eigenvalue weighted by Crippen LogP contribution is 2.15. The van der Waals surface area contributed by atoms with Crippen LogP contribution in [0, 0.1) is 0 Å². The second-order valence-electron chi connectivity index (χ2n) is 6.88. The number of anilines is 1. The minimum Gasteiger partial charge on any atom is -0.465 e. The summed E-state index contributed by atoms with van der Waals surface area (Å²) < 4.78 is 10.1. The Morgan fingerprint density at radius 1 is 1.19 bits per heavy atom. The van der Waals surface area contributed by atoms with Crippen LogP contribution in [0.3, 0.4) is 0 Å². The van der Waals surface area contributed by atoms with E-state index in [1.54, 1.807) is 42.2 Å². The largest absolute Gasteiger partial charge is 0.465 e. The molecule has 0 aliphatic carbocycles. The van der Waals surface area contributed by atoms with Gasteiger partial charge in [-0.2, -0.15) is 0 Å². The van der Waals surface area contributed by atoms with Crippen molar-refractivity contribution in [1.29, 1.82) is 0 Å². The van der Waals surface area contributed by atoms with Crippen LogP contribution in [0.2, 0.25) is 0 Å². The molecule has 2 amide bonds. The molecule has 3 rings (SSSR count). The molecule has 9 nitrogen and oxygen atoms in total. The highest BCUT2D eigenvalue weighted by atomic mass is 16.5. The zero-order chi connectivity index (χ0) is 22.1. The molecule has 0 atom stereocenters. The number of furan rings is 1. The molecule has 0 aromatic carbocycles. The van der Waals surface area contributed by atoms with Gasteiger partial charge < -0.3 is 24.3 Å². The first-order valence-electron chi connectivity index (χ1n) is 10.2. The fraction of sp³-hybridized carbons (Fsp3) is 0.364. The number of carbonyl (C=O) groups is 3. The van der Waals surface area contributed by atoms with Crippen LogP contribution in [0.5, 0.6) is 0 Å². The average Bonchev–Trinajstić information content (AvgIpc) is 3.32. The summed E-state index contributed by atoms with van der Waals surface area (Å²) >= 11 is 0. The van der Waals surface area contributed by atoms with Crippen LogP contribution in [0.15, 0.2) is 47.2 Å². The molecule has 0 unspecified atom stereocenters. The Kier molecular flexibility index (Phi) is 7.80. The smallest absolute Gasteiger partial charge is 0.339 e. The summed E-state index contributed by atoms with van der Waals surface area (Å²) in [7, 11) is 0. The number of carbonyl (C=O) groups excluding carboxylic acids is 3. The fourth-order valence-electron chi connectivity index (χ4n) is 3.15. The molecule has 2 aromatic rings. The Morgan fingerprint density at radius 3 is 2.65 bits per heavy atom. The summed E-state index contributed by atoms with van der Waals surface area (Å²) in [6, 6.07) is 6.97. The van der Waals surface area contributed by atoms with Crippen LogP contribution in [-0.4, -0.2) is 67.0 Å². The summed E-state index contributed by atoms with van der Waals surface area (Å²) in [6.45, 7) is 4.80. The molecule has 2 aromatic heterocycles. The first-order valence-corrected chi connectivity index (χ1v) is 10.2. The molecule has 1 aliphatic heterocycles. The molecule has 0 saturated carbocycles. The van der Waals surface area contributed by atoms with Gasteiger partial charge in [-0.1, -0.05) is 0 Å². The molecule has 9 heteroatoms. The standard InChI is InChI=1S/C22H26N4O5/c1-2-30-22(29)17-5-7-19(24-16-17)25-11-13-26(14-12-25)21(28)9-10-23-20(27)8-6-18-4-3-15-31-18/h3-8,15-16H,2,9-14H2,1H3,(H,23,27)/b8-6+. The number of esters is 1. The second-order valence-corrected chi connectivity index (χ2v) is 6.88. The SMILES string of the molecule is CCOC(=O)c1ccc(N2CCN(C(=O)CCNC(=O)/C=C/c3ccco3)CC2)nc1. The third-order valence-electron chi connectivity index (χ3n) is 4.80. The van der Waals surface area contributed by atoms with E-state index < -0.39 is 0 Å². The first-order chi connectivity index (χ1) is 15.1. The lowest BCUT2D eigenvalue weighted by Gasteiger charge is -2.35. The zero-order valence-corrected chi connectivity index (χ0v) is 17.5. The third-order valence-corrected chi connectivity index (χ3v) is 4.80. The number of rotatable bonds is 8. The molecule has 1 N–H and O–H groups in total. The van der Waals surface area contributed by atoms with Gasteiger partial charge in [0.2, 0.25) is 11.8 Å². The lowest BCUT2D eigenvalue weighted by atomic mass is 10.2. The summed E-state index contributed by atoms with van der Waals surface area (Å²) in [5, 5.41) is 2.70. The number of nitrogens with zero attached hydrogens (tertiary/aromatic N) is 3. The summed E-state index contributed by atoms with van der Waals surface area (Å²) in [5.74, 6) is 0.692. The molecule has 164 valence electrons. The number of piperazine rings is 1. The Labute approximate surface area is 180 Å². The van der Waals surface area contributed by atoms with Crippen LogP contribution < -0.4 is 10.2 Å². The van der Waals surface area contributed by atoms with Gasteiger partial charge in [-0.25, -0.2) is 9.78 Å². The number of ether oxygens (including phenoxy) is 1. The number of pyridine rings is 1. The van der Waals surface area contributed by atoms with E-state index in [2.05, 4.69) is 15.2 Å². The van der Waals surface area contributed by atoms with Crippen molar-refractivity contribution in [3.63, 3.8) is 0 Å². The van der Waals surface area contributed by atoms with Gasteiger partial charge in [-0.05, 0) is 37.3 Å².